The van der Waals surface area contributed by atoms with Gasteiger partial charge in [-0.05, 0) is 67.1 Å². The number of H-pyrrole nitrogens is 1. The summed E-state index contributed by atoms with van der Waals surface area (Å²) in [7, 11) is 0. The molecule has 10 nitrogen and oxygen atoms in total. The Morgan fingerprint density at radius 3 is 2.67 bits per heavy atom. The molecule has 1 amide bonds. The van der Waals surface area contributed by atoms with Crippen LogP contribution in [0.15, 0.2) is 33.0 Å². The first-order valence-corrected chi connectivity index (χ1v) is 13.6. The molecule has 192 valence electrons. The van der Waals surface area contributed by atoms with Crippen molar-refractivity contribution in [3.05, 3.63) is 28.4 Å². The lowest BCUT2D eigenvalue weighted by atomic mass is 9.92. The monoisotopic (exact) mass is 576 g/mol. The Morgan fingerprint density at radius 2 is 1.97 bits per heavy atom. The van der Waals surface area contributed by atoms with Gasteiger partial charge in [0.25, 0.3) is 5.91 Å². The first kappa shape index (κ1) is 25.1. The van der Waals surface area contributed by atoms with Crippen LogP contribution in [0.1, 0.15) is 33.1 Å². The van der Waals surface area contributed by atoms with Gasteiger partial charge < -0.3 is 29.0 Å². The number of benzene rings is 1. The van der Waals surface area contributed by atoms with Gasteiger partial charge in [-0.3, -0.25) is 10.2 Å². The van der Waals surface area contributed by atoms with E-state index in [1.54, 1.807) is 11.2 Å². The lowest BCUT2D eigenvalue weighted by molar-refractivity contribution is -0.149. The minimum Gasteiger partial charge on any atom is -0.486 e. The summed E-state index contributed by atoms with van der Waals surface area (Å²) in [6.45, 7) is 6.16. The van der Waals surface area contributed by atoms with E-state index >= 15 is 0 Å². The molecule has 12 heteroatoms. The van der Waals surface area contributed by atoms with E-state index in [4.69, 9.17) is 19.9 Å². The third kappa shape index (κ3) is 5.25. The zero-order valence-corrected chi connectivity index (χ0v) is 22.6. The van der Waals surface area contributed by atoms with Crippen molar-refractivity contribution in [3.63, 3.8) is 0 Å². The normalized spacial score (nSPS) is 16.5. The Kier molecular flexibility index (Phi) is 7.01. The zero-order valence-electron chi connectivity index (χ0n) is 20.2. The maximum absolute atomic E-state index is 12.3. The van der Waals surface area contributed by atoms with E-state index < -0.39 is 5.60 Å². The van der Waals surface area contributed by atoms with Crippen molar-refractivity contribution in [1.82, 2.24) is 24.4 Å². The van der Waals surface area contributed by atoms with Crippen LogP contribution in [-0.4, -0.2) is 67.3 Å². The minimum atomic E-state index is -1.33. The Bertz CT molecular complexity index is 1340. The van der Waals surface area contributed by atoms with Crippen LogP contribution in [-0.2, 0) is 11.3 Å². The van der Waals surface area contributed by atoms with Gasteiger partial charge in [0.2, 0.25) is 0 Å². The average Bonchev–Trinajstić information content (AvgIpc) is 3.28. The Labute approximate surface area is 221 Å². The number of amides is 1. The van der Waals surface area contributed by atoms with Crippen LogP contribution >= 0.6 is 27.7 Å². The van der Waals surface area contributed by atoms with Gasteiger partial charge in [0.15, 0.2) is 27.8 Å². The molecule has 3 N–H and O–H groups in total. The van der Waals surface area contributed by atoms with Crippen LogP contribution in [0.2, 0.25) is 0 Å². The lowest BCUT2D eigenvalue weighted by Crippen LogP contribution is -2.48. The number of carbonyl (C=O) groups excluding carboxylic acids is 1. The number of nitrogens with one attached hydrogen (secondary N) is 2. The number of aryl methyl sites for hydroxylation is 1. The fourth-order valence-electron chi connectivity index (χ4n) is 4.54. The zero-order chi connectivity index (χ0) is 25.4. The summed E-state index contributed by atoms with van der Waals surface area (Å²) in [6, 6.07) is 3.83. The van der Waals surface area contributed by atoms with Crippen LogP contribution in [0.4, 0.5) is 0 Å². The number of aromatic nitrogens is 4. The summed E-state index contributed by atoms with van der Waals surface area (Å²) < 4.78 is 14.2. The number of fused-ring (bicyclic) bond motifs is 2. The van der Waals surface area contributed by atoms with Crippen LogP contribution in [0, 0.1) is 11.3 Å². The molecule has 0 atom stereocenters. The molecule has 4 heterocycles. The number of hydrogen-bond acceptors (Lipinski definition) is 8. The molecule has 2 aromatic heterocycles. The van der Waals surface area contributed by atoms with Crippen molar-refractivity contribution >= 4 is 44.8 Å². The SMILES string of the molecule is CC(C)(O)C(=O)N1CCC(CCn2cnc(=N)c3[nH]c(Sc4cc5c(cc4Br)OCCO5)nc32)CC1. The third-order valence-electron chi connectivity index (χ3n) is 6.50. The number of ether oxygens (including phenoxy) is 2. The number of aliphatic hydroxyl groups is 1. The van der Waals surface area contributed by atoms with Crippen LogP contribution < -0.4 is 15.0 Å². The van der Waals surface area contributed by atoms with Gasteiger partial charge in [-0.1, -0.05) is 11.8 Å². The van der Waals surface area contributed by atoms with Gasteiger partial charge in [0.05, 0.1) is 6.33 Å². The fraction of sp³-hybridized carbons (Fsp3) is 0.500. The van der Waals surface area contributed by atoms with E-state index in [0.29, 0.717) is 60.0 Å². The average molecular weight is 578 g/mol. The largest absolute Gasteiger partial charge is 0.486 e. The van der Waals surface area contributed by atoms with Gasteiger partial charge in [-0.2, -0.15) is 0 Å². The second-order valence-electron chi connectivity index (χ2n) is 9.64. The fourth-order valence-corrected chi connectivity index (χ4v) is 5.92. The highest BCUT2D eigenvalue weighted by molar-refractivity contribution is 9.10. The highest BCUT2D eigenvalue weighted by Gasteiger charge is 2.32. The Hall–Kier alpha value is -2.57. The molecule has 0 spiro atoms. The highest BCUT2D eigenvalue weighted by atomic mass is 79.9. The summed E-state index contributed by atoms with van der Waals surface area (Å²) in [4.78, 5) is 27.3. The third-order valence-corrected chi connectivity index (χ3v) is 8.37. The number of rotatable bonds is 6. The van der Waals surface area contributed by atoms with Crippen molar-refractivity contribution < 1.29 is 19.4 Å². The van der Waals surface area contributed by atoms with Gasteiger partial charge in [0, 0.05) is 29.0 Å². The molecule has 5 rings (SSSR count). The van der Waals surface area contributed by atoms with E-state index in [-0.39, 0.29) is 11.4 Å². The molecular weight excluding hydrogens is 548 g/mol. The number of aromatic amines is 1. The number of piperidine rings is 1. The maximum atomic E-state index is 12.3. The Morgan fingerprint density at radius 1 is 1.28 bits per heavy atom. The van der Waals surface area contributed by atoms with Crippen molar-refractivity contribution in [2.24, 2.45) is 5.92 Å². The molecule has 1 fully saturated rings. The van der Waals surface area contributed by atoms with Gasteiger partial charge in [0.1, 0.15) is 24.3 Å². The molecule has 0 aliphatic carbocycles. The molecule has 0 saturated carbocycles. The second-order valence-corrected chi connectivity index (χ2v) is 11.5. The molecule has 36 heavy (non-hydrogen) atoms. The molecule has 1 saturated heterocycles. The summed E-state index contributed by atoms with van der Waals surface area (Å²) in [5.74, 6) is 1.68. The summed E-state index contributed by atoms with van der Waals surface area (Å²) in [5, 5.41) is 18.9. The first-order valence-electron chi connectivity index (χ1n) is 12.0. The van der Waals surface area contributed by atoms with E-state index in [9.17, 15) is 9.90 Å². The van der Waals surface area contributed by atoms with E-state index in [2.05, 4.69) is 25.9 Å². The number of imidazole rings is 1. The predicted molar refractivity (Wildman–Crippen MR) is 137 cm³/mol. The van der Waals surface area contributed by atoms with Crippen molar-refractivity contribution in [2.45, 2.75) is 55.3 Å². The van der Waals surface area contributed by atoms with Gasteiger partial charge in [-0.15, -0.1) is 0 Å². The van der Waals surface area contributed by atoms with Crippen LogP contribution in [0.3, 0.4) is 0 Å². The first-order chi connectivity index (χ1) is 17.2. The number of carbonyl (C=O) groups is 1. The number of hydrogen-bond donors (Lipinski definition) is 3. The minimum absolute atomic E-state index is 0.153. The summed E-state index contributed by atoms with van der Waals surface area (Å²) >= 11 is 5.06. The molecular formula is C24H29BrN6O4S. The quantitative estimate of drug-likeness (QED) is 0.410. The lowest BCUT2D eigenvalue weighted by Gasteiger charge is -2.35. The highest BCUT2D eigenvalue weighted by Crippen LogP contribution is 2.41. The maximum Gasteiger partial charge on any atom is 0.253 e. The van der Waals surface area contributed by atoms with Crippen molar-refractivity contribution in [1.29, 1.82) is 5.41 Å². The molecule has 0 bridgehead atoms. The topological polar surface area (TPSA) is 129 Å². The predicted octanol–water partition coefficient (Wildman–Crippen LogP) is 3.32. The van der Waals surface area contributed by atoms with Gasteiger partial charge in [-0.25, -0.2) is 9.97 Å². The van der Waals surface area contributed by atoms with Crippen LogP contribution in [0.25, 0.3) is 11.2 Å². The standard InChI is InChI=1S/C24H29BrN6O4S/c1-24(2,33)22(32)30-6-3-14(4-7-30)5-8-31-13-27-20(26)19-21(31)29-23(28-19)36-18-12-17-16(11-15(18)25)34-9-10-35-17/h11-14,26,33H,3-10H2,1-2H3,(H,28,29). The molecule has 2 aliphatic heterocycles. The van der Waals surface area contributed by atoms with E-state index in [0.717, 1.165) is 35.2 Å². The molecule has 1 aromatic carbocycles. The summed E-state index contributed by atoms with van der Waals surface area (Å²) in [6.07, 6.45) is 4.39. The van der Waals surface area contributed by atoms with Crippen LogP contribution in [0.5, 0.6) is 11.5 Å². The summed E-state index contributed by atoms with van der Waals surface area (Å²) in [5.41, 5.74) is 0.115. The van der Waals surface area contributed by atoms with E-state index in [1.807, 2.05) is 16.7 Å². The Balaban J connectivity index is 1.28. The number of nitrogens with zero attached hydrogens (tertiary/aromatic N) is 4. The van der Waals surface area contributed by atoms with E-state index in [1.165, 1.54) is 25.6 Å². The molecule has 0 unspecified atom stereocenters. The molecule has 2 aliphatic rings. The van der Waals surface area contributed by atoms with Gasteiger partial charge >= 0.3 is 0 Å². The number of halogens is 1. The van der Waals surface area contributed by atoms with Crippen molar-refractivity contribution in [2.75, 3.05) is 26.3 Å². The molecule has 0 radical (unpaired) electrons. The van der Waals surface area contributed by atoms with Crippen molar-refractivity contribution in [3.8, 4) is 11.5 Å². The molecule has 3 aromatic rings. The number of likely N-dealkylation sites (tertiary alicyclic amines) is 1. The second kappa shape index (κ2) is 10.1. The smallest absolute Gasteiger partial charge is 0.253 e.